The van der Waals surface area contributed by atoms with Crippen LogP contribution in [-0.2, 0) is 20.8 Å². The van der Waals surface area contributed by atoms with E-state index in [2.05, 4.69) is 22.9 Å². The maximum absolute atomic E-state index is 13.9. The maximum atomic E-state index is 13.9. The van der Waals surface area contributed by atoms with Gasteiger partial charge in [0.2, 0.25) is 5.91 Å². The SMILES string of the molecule is CCc1cccc(NC(=O)C[C@@H]2N=C(c3ccccn3)c3ccccc3N(CC(=O)C(C)(C)S)C2=O)c1. The van der Waals surface area contributed by atoms with Gasteiger partial charge in [0.25, 0.3) is 5.91 Å². The number of anilines is 2. The lowest BCUT2D eigenvalue weighted by molar-refractivity contribution is -0.125. The normalized spacial score (nSPS) is 15.5. The van der Waals surface area contributed by atoms with Gasteiger partial charge in [0.05, 0.1) is 34.8 Å². The first-order chi connectivity index (χ1) is 17.7. The second-order valence-corrected chi connectivity index (χ2v) is 10.6. The molecule has 8 heteroatoms. The molecule has 190 valence electrons. The number of rotatable bonds is 8. The van der Waals surface area contributed by atoms with Gasteiger partial charge in [-0.05, 0) is 56.2 Å². The number of nitrogens with zero attached hydrogens (tertiary/aromatic N) is 3. The molecule has 1 aliphatic rings. The lowest BCUT2D eigenvalue weighted by Gasteiger charge is -2.27. The van der Waals surface area contributed by atoms with Crippen LogP contribution in [0.15, 0.2) is 77.9 Å². The van der Waals surface area contributed by atoms with Crippen molar-refractivity contribution in [3.05, 3.63) is 89.7 Å². The summed E-state index contributed by atoms with van der Waals surface area (Å²) in [7, 11) is 0. The topological polar surface area (TPSA) is 91.7 Å². The monoisotopic (exact) mass is 514 g/mol. The number of aryl methyl sites for hydroxylation is 1. The number of Topliss-reactive ketones (excluding diaryl/α,β-unsaturated/α-hetero) is 1. The molecule has 1 aliphatic heterocycles. The molecule has 2 heterocycles. The number of fused-ring (bicyclic) bond motifs is 1. The molecule has 0 saturated carbocycles. The number of ketones is 1. The van der Waals surface area contributed by atoms with Gasteiger partial charge < -0.3 is 10.2 Å². The Bertz CT molecular complexity index is 1350. The maximum Gasteiger partial charge on any atom is 0.252 e. The molecule has 1 N–H and O–H groups in total. The predicted octanol–water partition coefficient (Wildman–Crippen LogP) is 4.50. The fraction of sp³-hybridized carbons (Fsp3) is 0.276. The Balaban J connectivity index is 1.74. The fourth-order valence-corrected chi connectivity index (χ4v) is 4.16. The van der Waals surface area contributed by atoms with Crippen LogP contribution in [0.25, 0.3) is 0 Å². The van der Waals surface area contributed by atoms with Crippen molar-refractivity contribution in [2.24, 2.45) is 4.99 Å². The van der Waals surface area contributed by atoms with Crippen molar-refractivity contribution in [3.8, 4) is 0 Å². The van der Waals surface area contributed by atoms with Crippen LogP contribution in [0.5, 0.6) is 0 Å². The minimum Gasteiger partial charge on any atom is -0.326 e. The highest BCUT2D eigenvalue weighted by atomic mass is 32.1. The standard InChI is InChI=1S/C29H30N4O3S/c1-4-19-10-9-11-20(16-19)31-26(35)17-23-28(36)33(18-25(34)29(2,3)37)24-14-6-5-12-21(24)27(32-23)22-13-7-8-15-30-22/h5-16,23,37H,4,17-18H2,1-3H3,(H,31,35)/t23-/m0/s1. The van der Waals surface area contributed by atoms with E-state index in [4.69, 9.17) is 4.99 Å². The highest BCUT2D eigenvalue weighted by Gasteiger charge is 2.36. The summed E-state index contributed by atoms with van der Waals surface area (Å²) in [6, 6.07) is 19.3. The predicted molar refractivity (Wildman–Crippen MR) is 150 cm³/mol. The molecule has 0 unspecified atom stereocenters. The number of para-hydroxylation sites is 1. The number of aromatic nitrogens is 1. The Morgan fingerprint density at radius 3 is 2.51 bits per heavy atom. The summed E-state index contributed by atoms with van der Waals surface area (Å²) in [6.07, 6.45) is 2.31. The molecule has 0 radical (unpaired) electrons. The summed E-state index contributed by atoms with van der Waals surface area (Å²) >= 11 is 4.41. The van der Waals surface area contributed by atoms with Crippen LogP contribution in [0.2, 0.25) is 0 Å². The van der Waals surface area contributed by atoms with Gasteiger partial charge in [-0.25, -0.2) is 0 Å². The Morgan fingerprint density at radius 1 is 1.05 bits per heavy atom. The minimum absolute atomic E-state index is 0.186. The van der Waals surface area contributed by atoms with Crippen LogP contribution in [0.4, 0.5) is 11.4 Å². The van der Waals surface area contributed by atoms with E-state index in [1.807, 2.05) is 55.5 Å². The van der Waals surface area contributed by atoms with E-state index in [1.54, 1.807) is 38.2 Å². The number of nitrogens with one attached hydrogen (secondary N) is 1. The van der Waals surface area contributed by atoms with Crippen molar-refractivity contribution >= 4 is 47.3 Å². The summed E-state index contributed by atoms with van der Waals surface area (Å²) in [6.45, 7) is 5.24. The van der Waals surface area contributed by atoms with E-state index < -0.39 is 16.7 Å². The van der Waals surface area contributed by atoms with E-state index >= 15 is 0 Å². The van der Waals surface area contributed by atoms with Crippen molar-refractivity contribution in [3.63, 3.8) is 0 Å². The number of amides is 2. The van der Waals surface area contributed by atoms with Gasteiger partial charge in [0, 0.05) is 17.4 Å². The summed E-state index contributed by atoms with van der Waals surface area (Å²) in [4.78, 5) is 50.6. The molecule has 3 aromatic rings. The van der Waals surface area contributed by atoms with Gasteiger partial charge in [-0.2, -0.15) is 12.6 Å². The molecule has 37 heavy (non-hydrogen) atoms. The molecule has 1 aromatic heterocycles. The zero-order valence-electron chi connectivity index (χ0n) is 21.1. The van der Waals surface area contributed by atoms with Crippen LogP contribution >= 0.6 is 12.6 Å². The third-order valence-corrected chi connectivity index (χ3v) is 6.42. The van der Waals surface area contributed by atoms with Crippen molar-refractivity contribution in [1.82, 2.24) is 4.98 Å². The molecule has 0 aliphatic carbocycles. The van der Waals surface area contributed by atoms with E-state index in [-0.39, 0.29) is 24.7 Å². The quantitative estimate of drug-likeness (QED) is 0.433. The molecule has 1 atom stereocenters. The molecular weight excluding hydrogens is 484 g/mol. The first-order valence-corrected chi connectivity index (χ1v) is 12.7. The molecule has 7 nitrogen and oxygen atoms in total. The number of thiol groups is 1. The molecule has 0 saturated heterocycles. The Morgan fingerprint density at radius 2 is 1.81 bits per heavy atom. The average Bonchev–Trinajstić information content (AvgIpc) is 2.99. The number of carbonyl (C=O) groups excluding carboxylic acids is 3. The first-order valence-electron chi connectivity index (χ1n) is 12.2. The number of hydrogen-bond donors (Lipinski definition) is 2. The van der Waals surface area contributed by atoms with Crippen molar-refractivity contribution in [2.45, 2.75) is 44.4 Å². The molecule has 0 spiro atoms. The number of pyridine rings is 1. The van der Waals surface area contributed by atoms with Crippen LogP contribution < -0.4 is 10.2 Å². The zero-order chi connectivity index (χ0) is 26.6. The third kappa shape index (κ3) is 6.14. The minimum atomic E-state index is -1.05. The number of benzodiazepines with no additional fused rings is 1. The second kappa shape index (κ2) is 11.1. The van der Waals surface area contributed by atoms with E-state index in [1.165, 1.54) is 4.90 Å². The molecular formula is C29H30N4O3S. The highest BCUT2D eigenvalue weighted by Crippen LogP contribution is 2.30. The summed E-state index contributed by atoms with van der Waals surface area (Å²) < 4.78 is -0.941. The Kier molecular flexibility index (Phi) is 7.88. The van der Waals surface area contributed by atoms with Crippen molar-refractivity contribution in [2.75, 3.05) is 16.8 Å². The number of benzene rings is 2. The first kappa shape index (κ1) is 26.3. The Hall–Kier alpha value is -3.78. The number of aliphatic imine (C=N–C) groups is 1. The fourth-order valence-electron chi connectivity index (χ4n) is 4.09. The summed E-state index contributed by atoms with van der Waals surface area (Å²) in [5, 5.41) is 2.89. The number of carbonyl (C=O) groups is 3. The van der Waals surface area contributed by atoms with Gasteiger partial charge in [-0.1, -0.05) is 43.3 Å². The van der Waals surface area contributed by atoms with Gasteiger partial charge in [-0.15, -0.1) is 0 Å². The van der Waals surface area contributed by atoms with E-state index in [0.29, 0.717) is 28.3 Å². The Labute approximate surface area is 222 Å². The molecule has 0 fully saturated rings. The third-order valence-electron chi connectivity index (χ3n) is 6.18. The molecule has 2 aromatic carbocycles. The molecule has 4 rings (SSSR count). The van der Waals surface area contributed by atoms with Crippen molar-refractivity contribution < 1.29 is 14.4 Å². The van der Waals surface area contributed by atoms with Gasteiger partial charge in [0.1, 0.15) is 6.04 Å². The smallest absolute Gasteiger partial charge is 0.252 e. The lowest BCUT2D eigenvalue weighted by Crippen LogP contribution is -2.45. The number of hydrogen-bond acceptors (Lipinski definition) is 6. The molecule has 0 bridgehead atoms. The second-order valence-electron chi connectivity index (χ2n) is 9.44. The average molecular weight is 515 g/mol. The summed E-state index contributed by atoms with van der Waals surface area (Å²) in [5.41, 5.74) is 4.03. The van der Waals surface area contributed by atoms with Crippen LogP contribution in [-0.4, -0.2) is 45.6 Å². The van der Waals surface area contributed by atoms with Gasteiger partial charge >= 0.3 is 0 Å². The highest BCUT2D eigenvalue weighted by molar-refractivity contribution is 7.82. The van der Waals surface area contributed by atoms with Crippen LogP contribution in [0.1, 0.15) is 44.0 Å². The lowest BCUT2D eigenvalue weighted by atomic mass is 10.0. The van der Waals surface area contributed by atoms with E-state index in [0.717, 1.165) is 12.0 Å². The van der Waals surface area contributed by atoms with Crippen LogP contribution in [0.3, 0.4) is 0 Å². The largest absolute Gasteiger partial charge is 0.326 e. The zero-order valence-corrected chi connectivity index (χ0v) is 22.0. The van der Waals surface area contributed by atoms with Crippen LogP contribution in [0, 0.1) is 0 Å². The van der Waals surface area contributed by atoms with Gasteiger partial charge in [0.15, 0.2) is 5.78 Å². The van der Waals surface area contributed by atoms with Gasteiger partial charge in [-0.3, -0.25) is 24.4 Å². The van der Waals surface area contributed by atoms with E-state index in [9.17, 15) is 14.4 Å². The summed E-state index contributed by atoms with van der Waals surface area (Å²) in [5.74, 6) is -0.996. The van der Waals surface area contributed by atoms with Crippen molar-refractivity contribution in [1.29, 1.82) is 0 Å². The molecule has 2 amide bonds.